The first-order chi connectivity index (χ1) is 12.0. The van der Waals surface area contributed by atoms with Crippen molar-refractivity contribution in [2.24, 2.45) is 0 Å². The van der Waals surface area contributed by atoms with Gasteiger partial charge in [0.1, 0.15) is 5.82 Å². The van der Waals surface area contributed by atoms with E-state index in [0.29, 0.717) is 18.7 Å². The summed E-state index contributed by atoms with van der Waals surface area (Å²) in [6, 6.07) is 3.95. The lowest BCUT2D eigenvalue weighted by Crippen LogP contribution is -2.39. The van der Waals surface area contributed by atoms with Gasteiger partial charge in [-0.1, -0.05) is 0 Å². The Bertz CT molecular complexity index is 859. The summed E-state index contributed by atoms with van der Waals surface area (Å²) >= 11 is 0. The molecule has 4 rings (SSSR count). The average molecular weight is 364 g/mol. The predicted octanol–water partition coefficient (Wildman–Crippen LogP) is 1.25. The highest BCUT2D eigenvalue weighted by atomic mass is 32.2. The Morgan fingerprint density at radius 1 is 1.04 bits per heavy atom. The van der Waals surface area contributed by atoms with Crippen molar-refractivity contribution in [3.05, 3.63) is 18.0 Å². The number of hydrogen-bond acceptors (Lipinski definition) is 6. The molecule has 25 heavy (non-hydrogen) atoms. The molecule has 2 aromatic heterocycles. The van der Waals surface area contributed by atoms with Crippen LogP contribution in [0.3, 0.4) is 0 Å². The zero-order valence-corrected chi connectivity index (χ0v) is 15.3. The van der Waals surface area contributed by atoms with E-state index < -0.39 is 10.0 Å². The van der Waals surface area contributed by atoms with Crippen LogP contribution in [0.5, 0.6) is 0 Å². The molecule has 0 N–H and O–H groups in total. The Morgan fingerprint density at radius 3 is 2.60 bits per heavy atom. The SMILES string of the molecule is CS(=O)(=O)N1CCCC(c2nnc3ccc(N4CCCCC4)nn23)C1. The van der Waals surface area contributed by atoms with Gasteiger partial charge in [-0.3, -0.25) is 0 Å². The third-order valence-electron chi connectivity index (χ3n) is 5.17. The van der Waals surface area contributed by atoms with Gasteiger partial charge < -0.3 is 4.90 Å². The van der Waals surface area contributed by atoms with Crippen LogP contribution in [-0.2, 0) is 10.0 Å². The van der Waals surface area contributed by atoms with E-state index in [2.05, 4.69) is 15.1 Å². The fraction of sp³-hybridized carbons (Fsp3) is 0.688. The number of anilines is 1. The van der Waals surface area contributed by atoms with Gasteiger partial charge in [0.15, 0.2) is 11.5 Å². The Labute approximate surface area is 147 Å². The highest BCUT2D eigenvalue weighted by molar-refractivity contribution is 7.88. The van der Waals surface area contributed by atoms with E-state index in [9.17, 15) is 8.42 Å². The monoisotopic (exact) mass is 364 g/mol. The van der Waals surface area contributed by atoms with Crippen molar-refractivity contribution < 1.29 is 8.42 Å². The Morgan fingerprint density at radius 2 is 1.84 bits per heavy atom. The highest BCUT2D eigenvalue weighted by Gasteiger charge is 2.30. The van der Waals surface area contributed by atoms with Crippen molar-refractivity contribution in [3.63, 3.8) is 0 Å². The van der Waals surface area contributed by atoms with Gasteiger partial charge in [-0.15, -0.1) is 15.3 Å². The number of piperidine rings is 2. The van der Waals surface area contributed by atoms with Crippen LogP contribution in [0, 0.1) is 0 Å². The zero-order valence-electron chi connectivity index (χ0n) is 14.5. The largest absolute Gasteiger partial charge is 0.355 e. The molecule has 0 bridgehead atoms. The van der Waals surface area contributed by atoms with Crippen molar-refractivity contribution >= 4 is 21.5 Å². The molecule has 2 fully saturated rings. The van der Waals surface area contributed by atoms with E-state index in [0.717, 1.165) is 37.6 Å². The predicted molar refractivity (Wildman–Crippen MR) is 95.2 cm³/mol. The number of nitrogens with zero attached hydrogens (tertiary/aromatic N) is 6. The van der Waals surface area contributed by atoms with Crippen molar-refractivity contribution in [1.29, 1.82) is 0 Å². The summed E-state index contributed by atoms with van der Waals surface area (Å²) in [5.74, 6) is 1.74. The summed E-state index contributed by atoms with van der Waals surface area (Å²) < 4.78 is 27.1. The van der Waals surface area contributed by atoms with Crippen LogP contribution in [0.2, 0.25) is 0 Å². The van der Waals surface area contributed by atoms with E-state index in [1.165, 1.54) is 29.8 Å². The molecule has 4 heterocycles. The normalized spacial score (nSPS) is 23.2. The van der Waals surface area contributed by atoms with Gasteiger partial charge in [-0.05, 0) is 44.2 Å². The first-order valence-corrected chi connectivity index (χ1v) is 10.8. The molecule has 8 nitrogen and oxygen atoms in total. The molecule has 0 spiro atoms. The minimum absolute atomic E-state index is 0.0302. The third-order valence-corrected chi connectivity index (χ3v) is 6.44. The third kappa shape index (κ3) is 3.35. The smallest absolute Gasteiger partial charge is 0.211 e. The maximum Gasteiger partial charge on any atom is 0.211 e. The van der Waals surface area contributed by atoms with E-state index in [1.54, 1.807) is 4.52 Å². The fourth-order valence-corrected chi connectivity index (χ4v) is 4.71. The quantitative estimate of drug-likeness (QED) is 0.815. The number of aromatic nitrogens is 4. The topological polar surface area (TPSA) is 83.7 Å². The molecule has 0 saturated carbocycles. The molecule has 0 radical (unpaired) electrons. The lowest BCUT2D eigenvalue weighted by molar-refractivity contribution is 0.308. The van der Waals surface area contributed by atoms with Crippen molar-refractivity contribution in [2.45, 2.75) is 38.0 Å². The number of rotatable bonds is 3. The molecule has 0 aromatic carbocycles. The minimum atomic E-state index is -3.18. The number of fused-ring (bicyclic) bond motifs is 1. The van der Waals surface area contributed by atoms with Crippen molar-refractivity contribution in [1.82, 2.24) is 24.1 Å². The van der Waals surface area contributed by atoms with Crippen molar-refractivity contribution in [2.75, 3.05) is 37.3 Å². The molecular formula is C16H24N6O2S. The second kappa shape index (κ2) is 6.53. The summed E-state index contributed by atoms with van der Waals surface area (Å²) in [6.45, 7) is 3.09. The molecule has 2 aromatic rings. The minimum Gasteiger partial charge on any atom is -0.355 e. The molecule has 1 unspecified atom stereocenters. The van der Waals surface area contributed by atoms with Crippen LogP contribution >= 0.6 is 0 Å². The van der Waals surface area contributed by atoms with E-state index in [-0.39, 0.29) is 5.92 Å². The second-order valence-corrected chi connectivity index (χ2v) is 9.01. The standard InChI is InChI=1S/C16H24N6O2S/c1-25(23,24)21-11-5-6-13(12-21)16-18-17-14-7-8-15(19-22(14)16)20-9-3-2-4-10-20/h7-8,13H,2-6,9-12H2,1H3. The van der Waals surface area contributed by atoms with E-state index in [4.69, 9.17) is 5.10 Å². The van der Waals surface area contributed by atoms with Crippen LogP contribution in [0.1, 0.15) is 43.8 Å². The van der Waals surface area contributed by atoms with Gasteiger partial charge in [-0.25, -0.2) is 12.7 Å². The molecular weight excluding hydrogens is 340 g/mol. The Kier molecular flexibility index (Phi) is 4.36. The zero-order chi connectivity index (χ0) is 17.4. The van der Waals surface area contributed by atoms with Crippen LogP contribution < -0.4 is 4.90 Å². The molecule has 0 amide bonds. The highest BCUT2D eigenvalue weighted by Crippen LogP contribution is 2.27. The number of sulfonamides is 1. The molecule has 9 heteroatoms. The van der Waals surface area contributed by atoms with Crippen LogP contribution in [-0.4, -0.2) is 65.0 Å². The van der Waals surface area contributed by atoms with Crippen LogP contribution in [0.4, 0.5) is 5.82 Å². The summed E-state index contributed by atoms with van der Waals surface area (Å²) in [5, 5.41) is 13.3. The molecule has 2 aliphatic rings. The maximum absolute atomic E-state index is 11.9. The van der Waals surface area contributed by atoms with E-state index >= 15 is 0 Å². The summed E-state index contributed by atoms with van der Waals surface area (Å²) in [7, 11) is -3.18. The molecule has 2 aliphatic heterocycles. The molecule has 1 atom stereocenters. The van der Waals surface area contributed by atoms with Crippen molar-refractivity contribution in [3.8, 4) is 0 Å². The van der Waals surface area contributed by atoms with Gasteiger partial charge in [0.05, 0.1) is 6.26 Å². The molecule has 0 aliphatic carbocycles. The molecule has 2 saturated heterocycles. The van der Waals surface area contributed by atoms with Gasteiger partial charge in [0.2, 0.25) is 10.0 Å². The van der Waals surface area contributed by atoms with Crippen LogP contribution in [0.25, 0.3) is 5.65 Å². The average Bonchev–Trinajstić information content (AvgIpc) is 3.05. The first-order valence-electron chi connectivity index (χ1n) is 8.95. The first kappa shape index (κ1) is 16.7. The van der Waals surface area contributed by atoms with Crippen LogP contribution in [0.15, 0.2) is 12.1 Å². The summed E-state index contributed by atoms with van der Waals surface area (Å²) in [5.41, 5.74) is 0.715. The second-order valence-electron chi connectivity index (χ2n) is 7.03. The Balaban J connectivity index is 1.65. The number of hydrogen-bond donors (Lipinski definition) is 0. The van der Waals surface area contributed by atoms with E-state index in [1.807, 2.05) is 12.1 Å². The lowest BCUT2D eigenvalue weighted by Gasteiger charge is -2.30. The summed E-state index contributed by atoms with van der Waals surface area (Å²) in [4.78, 5) is 2.30. The van der Waals surface area contributed by atoms with Gasteiger partial charge in [0, 0.05) is 32.1 Å². The molecule has 136 valence electrons. The van der Waals surface area contributed by atoms with Gasteiger partial charge >= 0.3 is 0 Å². The van der Waals surface area contributed by atoms with Gasteiger partial charge in [-0.2, -0.15) is 4.52 Å². The van der Waals surface area contributed by atoms with Gasteiger partial charge in [0.25, 0.3) is 0 Å². The maximum atomic E-state index is 11.9. The summed E-state index contributed by atoms with van der Waals surface area (Å²) in [6.07, 6.45) is 6.67. The lowest BCUT2D eigenvalue weighted by atomic mass is 9.99. The Hall–Kier alpha value is -1.74. The fourth-order valence-electron chi connectivity index (χ4n) is 3.80.